The van der Waals surface area contributed by atoms with Crippen LogP contribution in [0.4, 0.5) is 0 Å². The molecule has 0 aromatic carbocycles. The van der Waals surface area contributed by atoms with Gasteiger partial charge < -0.3 is 14.9 Å². The average molecular weight is 309 g/mol. The second-order valence-corrected chi connectivity index (χ2v) is 7.32. The van der Waals surface area contributed by atoms with E-state index in [1.165, 1.54) is 12.8 Å². The highest BCUT2D eigenvalue weighted by Crippen LogP contribution is 2.42. The standard InChI is InChI=1S/C15H23N3O2S/c1-17-6-8-18(9-7-17)5-4-13-16-15(11-2-3-11)12(21-13)10-14(19)20/h11H,2-10H2,1H3,(H,19,20). The van der Waals surface area contributed by atoms with Gasteiger partial charge in [0.1, 0.15) is 0 Å². The van der Waals surface area contributed by atoms with E-state index >= 15 is 0 Å². The summed E-state index contributed by atoms with van der Waals surface area (Å²) in [5.41, 5.74) is 1.08. The Kier molecular flexibility index (Phi) is 4.57. The number of carbonyl (C=O) groups is 1. The van der Waals surface area contributed by atoms with E-state index in [-0.39, 0.29) is 6.42 Å². The van der Waals surface area contributed by atoms with E-state index < -0.39 is 5.97 Å². The number of aromatic nitrogens is 1. The first-order valence-corrected chi connectivity index (χ1v) is 8.54. The Morgan fingerprint density at radius 3 is 2.67 bits per heavy atom. The van der Waals surface area contributed by atoms with Gasteiger partial charge in [-0.15, -0.1) is 11.3 Å². The molecule has 2 fully saturated rings. The molecule has 0 unspecified atom stereocenters. The van der Waals surface area contributed by atoms with Gasteiger partial charge in [-0.05, 0) is 19.9 Å². The predicted octanol–water partition coefficient (Wildman–Crippen LogP) is 1.44. The number of carboxylic acid groups (broad SMARTS) is 1. The summed E-state index contributed by atoms with van der Waals surface area (Å²) in [6.07, 6.45) is 3.44. The molecule has 6 heteroatoms. The number of thiazole rings is 1. The zero-order valence-corrected chi connectivity index (χ0v) is 13.4. The molecule has 2 heterocycles. The van der Waals surface area contributed by atoms with Crippen LogP contribution >= 0.6 is 11.3 Å². The largest absolute Gasteiger partial charge is 0.481 e. The van der Waals surface area contributed by atoms with E-state index in [1.54, 1.807) is 11.3 Å². The van der Waals surface area contributed by atoms with Crippen LogP contribution < -0.4 is 0 Å². The highest BCUT2D eigenvalue weighted by Gasteiger charge is 2.30. The van der Waals surface area contributed by atoms with Gasteiger partial charge in [0, 0.05) is 49.9 Å². The number of rotatable bonds is 6. The molecule has 1 N–H and O–H groups in total. The molecule has 1 aliphatic heterocycles. The molecule has 0 bridgehead atoms. The van der Waals surface area contributed by atoms with Crippen molar-refractivity contribution in [3.63, 3.8) is 0 Å². The number of carboxylic acids is 1. The van der Waals surface area contributed by atoms with Crippen LogP contribution in [0.3, 0.4) is 0 Å². The van der Waals surface area contributed by atoms with Crippen molar-refractivity contribution < 1.29 is 9.90 Å². The lowest BCUT2D eigenvalue weighted by atomic mass is 10.2. The molecule has 0 amide bonds. The third-order valence-electron chi connectivity index (χ3n) is 4.29. The van der Waals surface area contributed by atoms with Crippen LogP contribution in [-0.2, 0) is 17.6 Å². The number of aliphatic carboxylic acids is 1. The SMILES string of the molecule is CN1CCN(CCc2nc(C3CC3)c(CC(=O)O)s2)CC1. The molecule has 1 aliphatic carbocycles. The molecule has 21 heavy (non-hydrogen) atoms. The molecule has 1 aromatic rings. The molecule has 3 rings (SSSR count). The average Bonchev–Trinajstić information content (AvgIpc) is 3.21. The van der Waals surface area contributed by atoms with Gasteiger partial charge in [0.15, 0.2) is 0 Å². The minimum Gasteiger partial charge on any atom is -0.481 e. The molecule has 1 aromatic heterocycles. The highest BCUT2D eigenvalue weighted by molar-refractivity contribution is 7.11. The quantitative estimate of drug-likeness (QED) is 0.862. The summed E-state index contributed by atoms with van der Waals surface area (Å²) >= 11 is 1.62. The second-order valence-electron chi connectivity index (χ2n) is 6.16. The Hall–Kier alpha value is -0.980. The minimum atomic E-state index is -0.744. The number of hydrogen-bond donors (Lipinski definition) is 1. The molecule has 5 nitrogen and oxygen atoms in total. The van der Waals surface area contributed by atoms with Crippen molar-refractivity contribution in [1.82, 2.24) is 14.8 Å². The van der Waals surface area contributed by atoms with Crippen LogP contribution in [0.1, 0.15) is 34.3 Å². The van der Waals surface area contributed by atoms with Gasteiger partial charge in [0.2, 0.25) is 0 Å². The maximum Gasteiger partial charge on any atom is 0.308 e. The number of hydrogen-bond acceptors (Lipinski definition) is 5. The fourth-order valence-corrected chi connectivity index (χ4v) is 3.92. The molecule has 0 spiro atoms. The Morgan fingerprint density at radius 2 is 2.05 bits per heavy atom. The van der Waals surface area contributed by atoms with Gasteiger partial charge >= 0.3 is 5.97 Å². The van der Waals surface area contributed by atoms with Gasteiger partial charge in [0.25, 0.3) is 0 Å². The smallest absolute Gasteiger partial charge is 0.308 e. The first-order chi connectivity index (χ1) is 10.1. The molecule has 116 valence electrons. The number of piperazine rings is 1. The van der Waals surface area contributed by atoms with E-state index in [2.05, 4.69) is 16.8 Å². The number of likely N-dealkylation sites (N-methyl/N-ethyl adjacent to an activating group) is 1. The Morgan fingerprint density at radius 1 is 1.33 bits per heavy atom. The fourth-order valence-electron chi connectivity index (χ4n) is 2.79. The van der Waals surface area contributed by atoms with E-state index in [9.17, 15) is 4.79 Å². The molecule has 0 radical (unpaired) electrons. The van der Waals surface area contributed by atoms with Crippen molar-refractivity contribution in [2.75, 3.05) is 39.8 Å². The minimum absolute atomic E-state index is 0.137. The van der Waals surface area contributed by atoms with E-state index in [1.807, 2.05) is 0 Å². The van der Waals surface area contributed by atoms with Crippen molar-refractivity contribution in [2.45, 2.75) is 31.6 Å². The first-order valence-electron chi connectivity index (χ1n) is 7.73. The Bertz CT molecular complexity index is 505. The summed E-state index contributed by atoms with van der Waals surface area (Å²) in [4.78, 5) is 21.5. The fraction of sp³-hybridized carbons (Fsp3) is 0.733. The van der Waals surface area contributed by atoms with E-state index in [0.29, 0.717) is 5.92 Å². The van der Waals surface area contributed by atoms with Crippen LogP contribution in [0.25, 0.3) is 0 Å². The summed E-state index contributed by atoms with van der Waals surface area (Å²) in [7, 11) is 2.16. The topological polar surface area (TPSA) is 56.7 Å². The summed E-state index contributed by atoms with van der Waals surface area (Å²) in [6, 6.07) is 0. The molecule has 2 aliphatic rings. The molecular formula is C15H23N3O2S. The zero-order valence-electron chi connectivity index (χ0n) is 12.5. The third kappa shape index (κ3) is 4.02. The normalized spacial score (nSPS) is 20.8. The van der Waals surface area contributed by atoms with Crippen LogP contribution in [0.5, 0.6) is 0 Å². The molecular weight excluding hydrogens is 286 g/mol. The van der Waals surface area contributed by atoms with Gasteiger partial charge in [-0.2, -0.15) is 0 Å². The Labute approximate surface area is 129 Å². The van der Waals surface area contributed by atoms with Crippen molar-refractivity contribution in [2.24, 2.45) is 0 Å². The van der Waals surface area contributed by atoms with Gasteiger partial charge in [0.05, 0.1) is 17.1 Å². The lowest BCUT2D eigenvalue weighted by Crippen LogP contribution is -2.45. The van der Waals surface area contributed by atoms with E-state index in [0.717, 1.165) is 54.7 Å². The van der Waals surface area contributed by atoms with Crippen LogP contribution in [0.2, 0.25) is 0 Å². The molecule has 1 saturated carbocycles. The molecule has 1 saturated heterocycles. The second kappa shape index (κ2) is 6.42. The summed E-state index contributed by atoms with van der Waals surface area (Å²) in [5, 5.41) is 10.1. The number of nitrogens with zero attached hydrogens (tertiary/aromatic N) is 3. The van der Waals surface area contributed by atoms with Crippen LogP contribution in [0.15, 0.2) is 0 Å². The van der Waals surface area contributed by atoms with Crippen molar-refractivity contribution in [3.05, 3.63) is 15.6 Å². The lowest BCUT2D eigenvalue weighted by Gasteiger charge is -2.32. The van der Waals surface area contributed by atoms with Crippen LogP contribution in [0, 0.1) is 0 Å². The maximum atomic E-state index is 11.0. The van der Waals surface area contributed by atoms with Crippen molar-refractivity contribution >= 4 is 17.3 Å². The summed E-state index contributed by atoms with van der Waals surface area (Å²) in [6.45, 7) is 5.56. The highest BCUT2D eigenvalue weighted by atomic mass is 32.1. The van der Waals surface area contributed by atoms with Gasteiger partial charge in [-0.3, -0.25) is 4.79 Å². The Balaban J connectivity index is 1.58. The van der Waals surface area contributed by atoms with Crippen molar-refractivity contribution in [3.8, 4) is 0 Å². The van der Waals surface area contributed by atoms with Crippen molar-refractivity contribution in [1.29, 1.82) is 0 Å². The van der Waals surface area contributed by atoms with Gasteiger partial charge in [-0.1, -0.05) is 0 Å². The maximum absolute atomic E-state index is 11.0. The zero-order chi connectivity index (χ0) is 14.8. The monoisotopic (exact) mass is 309 g/mol. The van der Waals surface area contributed by atoms with Crippen LogP contribution in [-0.4, -0.2) is 65.6 Å². The third-order valence-corrected chi connectivity index (χ3v) is 5.42. The molecule has 0 atom stereocenters. The summed E-state index contributed by atoms with van der Waals surface area (Å²) < 4.78 is 0. The first kappa shape index (κ1) is 14.9. The summed E-state index contributed by atoms with van der Waals surface area (Å²) in [5.74, 6) is -0.209. The lowest BCUT2D eigenvalue weighted by molar-refractivity contribution is -0.136. The van der Waals surface area contributed by atoms with E-state index in [4.69, 9.17) is 10.1 Å². The van der Waals surface area contributed by atoms with Gasteiger partial charge in [-0.25, -0.2) is 4.98 Å². The predicted molar refractivity (Wildman–Crippen MR) is 83.1 cm³/mol.